The van der Waals surface area contributed by atoms with Gasteiger partial charge in [0.2, 0.25) is 0 Å². The minimum Gasteiger partial charge on any atom is -0.508 e. The van der Waals surface area contributed by atoms with Gasteiger partial charge in [-0.15, -0.1) is 13.2 Å². The van der Waals surface area contributed by atoms with Crippen molar-refractivity contribution in [3.05, 3.63) is 85.2 Å². The third kappa shape index (κ3) is 3.64. The number of aromatic hydroxyl groups is 2. The molecule has 0 aliphatic rings. The van der Waals surface area contributed by atoms with E-state index in [-0.39, 0.29) is 11.5 Å². The number of nitrogens with zero attached hydrogens (tertiary/aromatic N) is 2. The summed E-state index contributed by atoms with van der Waals surface area (Å²) >= 11 is 0. The fourth-order valence-electron chi connectivity index (χ4n) is 2.75. The number of rotatable bonds is 6. The Morgan fingerprint density at radius 3 is 1.50 bits per heavy atom. The normalized spacial score (nSPS) is 10.5. The Kier molecular flexibility index (Phi) is 5.13. The van der Waals surface area contributed by atoms with Gasteiger partial charge < -0.3 is 10.2 Å². The molecule has 2 aromatic carbocycles. The number of phenolic OH excluding ortho intramolecular Hbond substituents is 2. The van der Waals surface area contributed by atoms with Crippen molar-refractivity contribution in [2.24, 2.45) is 0 Å². The predicted octanol–water partition coefficient (Wildman–Crippen LogP) is 4.68. The highest BCUT2D eigenvalue weighted by atomic mass is 16.3. The first kappa shape index (κ1) is 17.4. The number of benzene rings is 2. The molecular formula is C22H20N2O2. The molecule has 0 aliphatic heterocycles. The second-order valence-electron chi connectivity index (χ2n) is 5.96. The topological polar surface area (TPSA) is 66.2 Å². The third-order valence-electron chi connectivity index (χ3n) is 4.13. The van der Waals surface area contributed by atoms with E-state index in [0.717, 1.165) is 33.6 Å². The van der Waals surface area contributed by atoms with Crippen molar-refractivity contribution in [2.45, 2.75) is 12.8 Å². The van der Waals surface area contributed by atoms with Crippen LogP contribution >= 0.6 is 0 Å². The number of aromatic nitrogens is 2. The summed E-state index contributed by atoms with van der Waals surface area (Å²) in [5, 5.41) is 19.8. The summed E-state index contributed by atoms with van der Waals surface area (Å²) in [7, 11) is 0. The minimum atomic E-state index is 0.247. The van der Waals surface area contributed by atoms with E-state index in [9.17, 15) is 10.2 Å². The second kappa shape index (κ2) is 7.66. The zero-order valence-corrected chi connectivity index (χ0v) is 14.4. The van der Waals surface area contributed by atoms with Gasteiger partial charge in [0.1, 0.15) is 11.5 Å². The largest absolute Gasteiger partial charge is 0.508 e. The van der Waals surface area contributed by atoms with Crippen LogP contribution < -0.4 is 0 Å². The van der Waals surface area contributed by atoms with Crippen LogP contribution in [-0.4, -0.2) is 20.2 Å². The summed E-state index contributed by atoms with van der Waals surface area (Å²) in [6.45, 7) is 7.42. The molecule has 0 atom stereocenters. The first-order chi connectivity index (χ1) is 12.6. The Bertz CT molecular complexity index is 868. The lowest BCUT2D eigenvalue weighted by Gasteiger charge is -2.08. The molecule has 0 amide bonds. The SMILES string of the molecule is C=CCc1cc(-c2cnc(-c3ccc(O)c(CC=C)c3)cn2)ccc1O. The molecule has 0 fully saturated rings. The molecule has 0 aliphatic carbocycles. The maximum absolute atomic E-state index is 9.89. The van der Waals surface area contributed by atoms with E-state index in [1.54, 1.807) is 36.7 Å². The van der Waals surface area contributed by atoms with Gasteiger partial charge in [-0.2, -0.15) is 0 Å². The molecule has 0 unspecified atom stereocenters. The lowest BCUT2D eigenvalue weighted by molar-refractivity contribution is 0.469. The van der Waals surface area contributed by atoms with E-state index in [1.165, 1.54) is 0 Å². The molecule has 130 valence electrons. The van der Waals surface area contributed by atoms with Gasteiger partial charge in [-0.1, -0.05) is 12.2 Å². The standard InChI is InChI=1S/C22H20N2O2/c1-3-5-17-11-15(7-9-21(17)25)19-13-24-20(14-23-19)16-8-10-22(26)18(12-16)6-4-2/h3-4,7-14,25-26H,1-2,5-6H2. The first-order valence-electron chi connectivity index (χ1n) is 8.30. The van der Waals surface area contributed by atoms with Crippen molar-refractivity contribution in [3.63, 3.8) is 0 Å². The first-order valence-corrected chi connectivity index (χ1v) is 8.30. The number of hydrogen-bond donors (Lipinski definition) is 2. The summed E-state index contributed by atoms with van der Waals surface area (Å²) in [4.78, 5) is 9.00. The summed E-state index contributed by atoms with van der Waals surface area (Å²) in [6.07, 6.45) is 8.09. The number of phenols is 2. The molecule has 0 spiro atoms. The highest BCUT2D eigenvalue weighted by Gasteiger charge is 2.08. The second-order valence-corrected chi connectivity index (χ2v) is 5.96. The maximum Gasteiger partial charge on any atom is 0.119 e. The van der Waals surface area contributed by atoms with Gasteiger partial charge >= 0.3 is 0 Å². The van der Waals surface area contributed by atoms with Crippen molar-refractivity contribution < 1.29 is 10.2 Å². The van der Waals surface area contributed by atoms with Crippen LogP contribution in [0.4, 0.5) is 0 Å². The summed E-state index contributed by atoms with van der Waals surface area (Å²) in [5.41, 5.74) is 4.83. The molecule has 3 aromatic rings. The lowest BCUT2D eigenvalue weighted by Crippen LogP contribution is -1.92. The van der Waals surface area contributed by atoms with Crippen molar-refractivity contribution in [1.82, 2.24) is 9.97 Å². The lowest BCUT2D eigenvalue weighted by atomic mass is 10.0. The molecule has 0 bridgehead atoms. The Hall–Kier alpha value is -3.40. The molecule has 1 aromatic heterocycles. The van der Waals surface area contributed by atoms with Crippen LogP contribution in [-0.2, 0) is 12.8 Å². The van der Waals surface area contributed by atoms with Gasteiger partial charge in [0.15, 0.2) is 0 Å². The van der Waals surface area contributed by atoms with E-state index in [1.807, 2.05) is 24.3 Å². The van der Waals surface area contributed by atoms with Gasteiger partial charge in [-0.25, -0.2) is 0 Å². The molecular weight excluding hydrogens is 324 g/mol. The van der Waals surface area contributed by atoms with Crippen molar-refractivity contribution in [1.29, 1.82) is 0 Å². The van der Waals surface area contributed by atoms with E-state index in [0.29, 0.717) is 12.8 Å². The molecule has 3 rings (SSSR count). The zero-order chi connectivity index (χ0) is 18.5. The monoisotopic (exact) mass is 344 g/mol. The van der Waals surface area contributed by atoms with Crippen LogP contribution in [0, 0.1) is 0 Å². The minimum absolute atomic E-state index is 0.247. The van der Waals surface area contributed by atoms with E-state index in [2.05, 4.69) is 23.1 Å². The highest BCUT2D eigenvalue weighted by Crippen LogP contribution is 2.28. The smallest absolute Gasteiger partial charge is 0.119 e. The van der Waals surface area contributed by atoms with Gasteiger partial charge in [0.25, 0.3) is 0 Å². The summed E-state index contributed by atoms with van der Waals surface area (Å²) in [6, 6.07) is 10.7. The Morgan fingerprint density at radius 2 is 1.15 bits per heavy atom. The molecule has 4 nitrogen and oxygen atoms in total. The Balaban J connectivity index is 1.92. The van der Waals surface area contributed by atoms with Crippen molar-refractivity contribution in [2.75, 3.05) is 0 Å². The average Bonchev–Trinajstić information content (AvgIpc) is 2.66. The van der Waals surface area contributed by atoms with Crippen LogP contribution in [0.15, 0.2) is 74.1 Å². The Morgan fingerprint density at radius 1 is 0.731 bits per heavy atom. The molecule has 1 heterocycles. The van der Waals surface area contributed by atoms with E-state index < -0.39 is 0 Å². The molecule has 4 heteroatoms. The number of hydrogen-bond acceptors (Lipinski definition) is 4. The number of allylic oxidation sites excluding steroid dienone is 2. The molecule has 0 saturated heterocycles. The fraction of sp³-hybridized carbons (Fsp3) is 0.0909. The maximum atomic E-state index is 9.89. The highest BCUT2D eigenvalue weighted by molar-refractivity contribution is 5.65. The molecule has 2 N–H and O–H groups in total. The van der Waals surface area contributed by atoms with Gasteiger partial charge in [0, 0.05) is 11.1 Å². The van der Waals surface area contributed by atoms with Crippen LogP contribution in [0.25, 0.3) is 22.5 Å². The predicted molar refractivity (Wildman–Crippen MR) is 104 cm³/mol. The van der Waals surface area contributed by atoms with Crippen LogP contribution in [0.2, 0.25) is 0 Å². The third-order valence-corrected chi connectivity index (χ3v) is 4.13. The molecule has 0 radical (unpaired) electrons. The fourth-order valence-corrected chi connectivity index (χ4v) is 2.75. The summed E-state index contributed by atoms with van der Waals surface area (Å²) in [5.74, 6) is 0.495. The van der Waals surface area contributed by atoms with Gasteiger partial charge in [-0.3, -0.25) is 9.97 Å². The van der Waals surface area contributed by atoms with Crippen molar-refractivity contribution in [3.8, 4) is 34.0 Å². The van der Waals surface area contributed by atoms with Crippen LogP contribution in [0.3, 0.4) is 0 Å². The zero-order valence-electron chi connectivity index (χ0n) is 14.4. The van der Waals surface area contributed by atoms with Crippen LogP contribution in [0.1, 0.15) is 11.1 Å². The van der Waals surface area contributed by atoms with Crippen molar-refractivity contribution >= 4 is 0 Å². The summed E-state index contributed by atoms with van der Waals surface area (Å²) < 4.78 is 0. The van der Waals surface area contributed by atoms with Gasteiger partial charge in [-0.05, 0) is 60.4 Å². The van der Waals surface area contributed by atoms with E-state index >= 15 is 0 Å². The average molecular weight is 344 g/mol. The van der Waals surface area contributed by atoms with Gasteiger partial charge in [0.05, 0.1) is 23.8 Å². The van der Waals surface area contributed by atoms with E-state index in [4.69, 9.17) is 0 Å². The van der Waals surface area contributed by atoms with Crippen LogP contribution in [0.5, 0.6) is 11.5 Å². The molecule has 0 saturated carbocycles. The quantitative estimate of drug-likeness (QED) is 0.637. The Labute approximate surface area is 152 Å². The molecule has 26 heavy (non-hydrogen) atoms.